The average Bonchev–Trinajstić information content (AvgIpc) is 2.84. The Morgan fingerprint density at radius 3 is 2.96 bits per heavy atom. The quantitative estimate of drug-likeness (QED) is 0.784. The topological polar surface area (TPSA) is 85.1 Å². The van der Waals surface area contributed by atoms with E-state index in [1.807, 2.05) is 7.05 Å². The first kappa shape index (κ1) is 18.9. The molecule has 1 unspecified atom stereocenters. The van der Waals surface area contributed by atoms with Crippen molar-refractivity contribution in [2.75, 3.05) is 20.1 Å². The summed E-state index contributed by atoms with van der Waals surface area (Å²) in [4.78, 5) is 31.1. The number of likely N-dealkylation sites (tertiary alicyclic amines) is 1. The van der Waals surface area contributed by atoms with Crippen molar-refractivity contribution in [3.8, 4) is 0 Å². The van der Waals surface area contributed by atoms with Crippen molar-refractivity contribution in [3.63, 3.8) is 0 Å². The van der Waals surface area contributed by atoms with Gasteiger partial charge >= 0.3 is 0 Å². The van der Waals surface area contributed by atoms with Gasteiger partial charge in [0, 0.05) is 26.2 Å². The number of hydrogen-bond acceptors (Lipinski definition) is 5. The van der Waals surface area contributed by atoms with Crippen LogP contribution in [0, 0.1) is 0 Å². The predicted octanol–water partition coefficient (Wildman–Crippen LogP) is 0.525. The molecule has 1 N–H and O–H groups in total. The zero-order valence-electron chi connectivity index (χ0n) is 13.5. The molecular formula is C14H20BrClN6O2. The van der Waals surface area contributed by atoms with Crippen LogP contribution < -0.4 is 10.9 Å². The lowest BCUT2D eigenvalue weighted by atomic mass is 10.1. The van der Waals surface area contributed by atoms with Gasteiger partial charge in [-0.3, -0.25) is 14.2 Å². The van der Waals surface area contributed by atoms with Crippen LogP contribution >= 0.6 is 28.3 Å². The molecule has 0 aliphatic carbocycles. The Balaban J connectivity index is 0.00000208. The Labute approximate surface area is 153 Å². The fourth-order valence-corrected chi connectivity index (χ4v) is 3.52. The summed E-state index contributed by atoms with van der Waals surface area (Å²) >= 11 is 3.27. The summed E-state index contributed by atoms with van der Waals surface area (Å²) < 4.78 is 3.33. The molecule has 0 aromatic carbocycles. The monoisotopic (exact) mass is 418 g/mol. The molecule has 0 radical (unpaired) electrons. The van der Waals surface area contributed by atoms with Gasteiger partial charge in [-0.15, -0.1) is 12.4 Å². The maximum atomic E-state index is 12.6. The van der Waals surface area contributed by atoms with Crippen LogP contribution in [0.15, 0.2) is 15.7 Å². The van der Waals surface area contributed by atoms with Crippen LogP contribution in [-0.2, 0) is 18.4 Å². The van der Waals surface area contributed by atoms with E-state index >= 15 is 0 Å². The highest BCUT2D eigenvalue weighted by Crippen LogP contribution is 2.17. The summed E-state index contributed by atoms with van der Waals surface area (Å²) in [7, 11) is 3.63. The SMILES string of the molecule is CNC1CCCN(C(=O)Cn2cnc3c(c(Br)nn3C)c2=O)C1.Cl. The van der Waals surface area contributed by atoms with Gasteiger partial charge in [0.05, 0.1) is 0 Å². The Kier molecular flexibility index (Phi) is 6.00. The molecule has 3 rings (SSSR count). The van der Waals surface area contributed by atoms with Gasteiger partial charge < -0.3 is 10.2 Å². The third-order valence-electron chi connectivity index (χ3n) is 4.26. The average molecular weight is 420 g/mol. The summed E-state index contributed by atoms with van der Waals surface area (Å²) in [5.74, 6) is -0.0618. The maximum absolute atomic E-state index is 12.6. The first-order valence-corrected chi connectivity index (χ1v) is 8.33. The van der Waals surface area contributed by atoms with Gasteiger partial charge in [-0.05, 0) is 35.8 Å². The van der Waals surface area contributed by atoms with Crippen LogP contribution in [0.5, 0.6) is 0 Å². The number of aryl methyl sites for hydroxylation is 1. The number of nitrogens with one attached hydrogen (secondary N) is 1. The minimum atomic E-state index is -0.259. The van der Waals surface area contributed by atoms with Crippen LogP contribution in [0.4, 0.5) is 0 Å². The molecule has 8 nitrogen and oxygen atoms in total. The van der Waals surface area contributed by atoms with Crippen LogP contribution in [0.1, 0.15) is 12.8 Å². The first-order chi connectivity index (χ1) is 11.0. The van der Waals surface area contributed by atoms with E-state index in [1.54, 1.807) is 11.9 Å². The molecule has 1 aliphatic heterocycles. The zero-order valence-corrected chi connectivity index (χ0v) is 15.9. The van der Waals surface area contributed by atoms with Crippen molar-refractivity contribution in [2.45, 2.75) is 25.4 Å². The van der Waals surface area contributed by atoms with Gasteiger partial charge in [-0.25, -0.2) is 9.67 Å². The lowest BCUT2D eigenvalue weighted by Gasteiger charge is -2.32. The molecule has 0 saturated carbocycles. The van der Waals surface area contributed by atoms with Gasteiger partial charge in [-0.2, -0.15) is 5.10 Å². The van der Waals surface area contributed by atoms with E-state index < -0.39 is 0 Å². The number of nitrogens with zero attached hydrogens (tertiary/aromatic N) is 5. The first-order valence-electron chi connectivity index (χ1n) is 7.54. The van der Waals surface area contributed by atoms with E-state index in [2.05, 4.69) is 31.3 Å². The number of carbonyl (C=O) groups excluding carboxylic acids is 1. The second-order valence-corrected chi connectivity index (χ2v) is 6.51. The summed E-state index contributed by atoms with van der Waals surface area (Å²) in [6, 6.07) is 0.317. The predicted molar refractivity (Wildman–Crippen MR) is 96.4 cm³/mol. The number of amides is 1. The molecule has 132 valence electrons. The van der Waals surface area contributed by atoms with E-state index in [0.29, 0.717) is 28.2 Å². The van der Waals surface area contributed by atoms with Crippen molar-refractivity contribution in [2.24, 2.45) is 7.05 Å². The van der Waals surface area contributed by atoms with Gasteiger partial charge in [0.1, 0.15) is 22.9 Å². The standard InChI is InChI=1S/C14H19BrN6O2.ClH/c1-16-9-4-3-5-20(6-9)10(22)7-21-8-17-13-11(14(21)23)12(15)18-19(13)2;/h8-9,16H,3-7H2,1-2H3;1H. The lowest BCUT2D eigenvalue weighted by molar-refractivity contribution is -0.133. The molecule has 1 fully saturated rings. The van der Waals surface area contributed by atoms with Gasteiger partial charge in [0.2, 0.25) is 5.91 Å². The Morgan fingerprint density at radius 1 is 1.50 bits per heavy atom. The fourth-order valence-electron chi connectivity index (χ4n) is 2.93. The Hall–Kier alpha value is -1.45. The normalized spacial score (nSPS) is 17.8. The highest BCUT2D eigenvalue weighted by molar-refractivity contribution is 9.10. The van der Waals surface area contributed by atoms with Gasteiger partial charge in [-0.1, -0.05) is 0 Å². The van der Waals surface area contributed by atoms with Gasteiger partial charge in [0.25, 0.3) is 5.56 Å². The van der Waals surface area contributed by atoms with Crippen LogP contribution in [0.25, 0.3) is 11.0 Å². The van der Waals surface area contributed by atoms with E-state index in [-0.39, 0.29) is 30.4 Å². The number of aromatic nitrogens is 4. The highest BCUT2D eigenvalue weighted by atomic mass is 79.9. The fraction of sp³-hybridized carbons (Fsp3) is 0.571. The van der Waals surface area contributed by atoms with Crippen molar-refractivity contribution in [1.29, 1.82) is 0 Å². The molecular weight excluding hydrogens is 400 g/mol. The van der Waals surface area contributed by atoms with Crippen molar-refractivity contribution in [3.05, 3.63) is 21.3 Å². The summed E-state index contributed by atoms with van der Waals surface area (Å²) in [6.45, 7) is 1.41. The molecule has 2 aromatic rings. The Bertz CT molecular complexity index is 804. The molecule has 1 amide bonds. The number of halogens is 2. The highest BCUT2D eigenvalue weighted by Gasteiger charge is 2.23. The molecule has 3 heterocycles. The summed E-state index contributed by atoms with van der Waals surface area (Å²) in [5, 5.41) is 7.74. The minimum Gasteiger partial charge on any atom is -0.340 e. The van der Waals surface area contributed by atoms with E-state index in [0.717, 1.165) is 19.4 Å². The molecule has 1 atom stereocenters. The second kappa shape index (κ2) is 7.62. The van der Waals surface area contributed by atoms with Gasteiger partial charge in [0.15, 0.2) is 5.65 Å². The lowest BCUT2D eigenvalue weighted by Crippen LogP contribution is -2.48. The molecule has 1 saturated heterocycles. The number of likely N-dealkylation sites (N-methyl/N-ethyl adjacent to an activating group) is 1. The van der Waals surface area contributed by atoms with Crippen molar-refractivity contribution < 1.29 is 4.79 Å². The zero-order chi connectivity index (χ0) is 16.6. The molecule has 10 heteroatoms. The minimum absolute atomic E-state index is 0. The third-order valence-corrected chi connectivity index (χ3v) is 4.81. The summed E-state index contributed by atoms with van der Waals surface area (Å²) in [6.07, 6.45) is 3.45. The van der Waals surface area contributed by atoms with E-state index in [9.17, 15) is 9.59 Å². The van der Waals surface area contributed by atoms with Crippen LogP contribution in [0.2, 0.25) is 0 Å². The summed E-state index contributed by atoms with van der Waals surface area (Å²) in [5.41, 5.74) is 0.240. The maximum Gasteiger partial charge on any atom is 0.266 e. The molecule has 0 spiro atoms. The number of fused-ring (bicyclic) bond motifs is 1. The smallest absolute Gasteiger partial charge is 0.266 e. The number of hydrogen-bond donors (Lipinski definition) is 1. The Morgan fingerprint density at radius 2 is 2.25 bits per heavy atom. The van der Waals surface area contributed by atoms with E-state index in [1.165, 1.54) is 15.6 Å². The third kappa shape index (κ3) is 3.47. The number of rotatable bonds is 3. The van der Waals surface area contributed by atoms with Crippen LogP contribution in [-0.4, -0.2) is 56.3 Å². The largest absolute Gasteiger partial charge is 0.340 e. The second-order valence-electron chi connectivity index (χ2n) is 5.76. The van der Waals surface area contributed by atoms with Crippen LogP contribution in [0.3, 0.4) is 0 Å². The van der Waals surface area contributed by atoms with E-state index in [4.69, 9.17) is 0 Å². The molecule has 1 aliphatic rings. The number of piperidine rings is 1. The molecule has 2 aromatic heterocycles. The van der Waals surface area contributed by atoms with Crippen molar-refractivity contribution >= 4 is 45.3 Å². The van der Waals surface area contributed by atoms with Crippen molar-refractivity contribution in [1.82, 2.24) is 29.5 Å². The number of carbonyl (C=O) groups is 1. The molecule has 0 bridgehead atoms. The molecule has 24 heavy (non-hydrogen) atoms.